The summed E-state index contributed by atoms with van der Waals surface area (Å²) in [5, 5.41) is 12.9. The van der Waals surface area contributed by atoms with E-state index >= 15 is 0 Å². The quantitative estimate of drug-likeness (QED) is 0.893. The molecular formula is C7H8BrClN2OS. The molecule has 13 heavy (non-hydrogen) atoms. The Morgan fingerprint density at radius 3 is 2.92 bits per heavy atom. The van der Waals surface area contributed by atoms with Crippen molar-refractivity contribution >= 4 is 44.0 Å². The molecular weight excluding hydrogens is 276 g/mol. The summed E-state index contributed by atoms with van der Waals surface area (Å²) in [6, 6.07) is 0. The van der Waals surface area contributed by atoms with Crippen LogP contribution in [0, 0.1) is 0 Å². The van der Waals surface area contributed by atoms with E-state index in [0.717, 1.165) is 4.48 Å². The lowest BCUT2D eigenvalue weighted by Gasteiger charge is -1.97. The molecule has 2 N–H and O–H groups in total. The molecule has 0 radical (unpaired) electrons. The number of aliphatic hydroxyl groups excluding tert-OH is 1. The highest BCUT2D eigenvalue weighted by Crippen LogP contribution is 2.26. The number of nitrogens with zero attached hydrogens (tertiary/aromatic N) is 1. The van der Waals surface area contributed by atoms with E-state index in [1.807, 2.05) is 0 Å². The van der Waals surface area contributed by atoms with Crippen molar-refractivity contribution in [2.24, 2.45) is 0 Å². The zero-order chi connectivity index (χ0) is 9.84. The number of nitrogens with one attached hydrogen (secondary N) is 1. The summed E-state index contributed by atoms with van der Waals surface area (Å²) in [6.45, 7) is 4.18. The van der Waals surface area contributed by atoms with E-state index in [4.69, 9.17) is 16.7 Å². The van der Waals surface area contributed by atoms with Gasteiger partial charge in [-0.25, -0.2) is 4.98 Å². The number of aromatic nitrogens is 1. The highest BCUT2D eigenvalue weighted by molar-refractivity contribution is 9.11. The maximum Gasteiger partial charge on any atom is 0.184 e. The van der Waals surface area contributed by atoms with Crippen LogP contribution in [0.2, 0.25) is 5.15 Å². The number of rotatable bonds is 4. The van der Waals surface area contributed by atoms with Crippen LogP contribution < -0.4 is 5.32 Å². The molecule has 0 aromatic carbocycles. The van der Waals surface area contributed by atoms with Crippen LogP contribution in [0.15, 0.2) is 11.1 Å². The zero-order valence-corrected chi connectivity index (χ0v) is 9.84. The second kappa shape index (κ2) is 4.95. The van der Waals surface area contributed by atoms with Crippen LogP contribution in [0.25, 0.3) is 0 Å². The fourth-order valence-electron chi connectivity index (χ4n) is 0.678. The molecule has 0 bridgehead atoms. The first kappa shape index (κ1) is 11.0. The summed E-state index contributed by atoms with van der Waals surface area (Å²) < 4.78 is 0.837. The molecule has 72 valence electrons. The number of hydrogen-bond acceptors (Lipinski definition) is 4. The van der Waals surface area contributed by atoms with Crippen LogP contribution in [0.1, 0.15) is 4.88 Å². The highest BCUT2D eigenvalue weighted by atomic mass is 79.9. The Kier molecular flexibility index (Phi) is 4.18. The van der Waals surface area contributed by atoms with Gasteiger partial charge in [-0.2, -0.15) is 0 Å². The van der Waals surface area contributed by atoms with E-state index < -0.39 is 0 Å². The molecule has 0 amide bonds. The van der Waals surface area contributed by atoms with Crippen LogP contribution in [0.5, 0.6) is 0 Å². The van der Waals surface area contributed by atoms with Gasteiger partial charge in [0.2, 0.25) is 0 Å². The van der Waals surface area contributed by atoms with Gasteiger partial charge in [-0.1, -0.05) is 45.4 Å². The van der Waals surface area contributed by atoms with E-state index in [1.165, 1.54) is 11.3 Å². The molecule has 0 atom stereocenters. The maximum atomic E-state index is 8.84. The SMILES string of the molecule is C=C(Br)CNc1nc(Cl)c(CO)s1. The van der Waals surface area contributed by atoms with Gasteiger partial charge in [0.1, 0.15) is 5.15 Å². The molecule has 1 rings (SSSR count). The minimum Gasteiger partial charge on any atom is -0.391 e. The highest BCUT2D eigenvalue weighted by Gasteiger charge is 2.07. The van der Waals surface area contributed by atoms with Gasteiger partial charge in [0, 0.05) is 11.0 Å². The summed E-state index contributed by atoms with van der Waals surface area (Å²) in [4.78, 5) is 4.68. The van der Waals surface area contributed by atoms with Gasteiger partial charge < -0.3 is 10.4 Å². The number of anilines is 1. The Balaban J connectivity index is 2.62. The van der Waals surface area contributed by atoms with Crippen LogP contribution in [0.3, 0.4) is 0 Å². The summed E-state index contributed by atoms with van der Waals surface area (Å²) in [5.74, 6) is 0. The molecule has 0 saturated heterocycles. The first-order valence-corrected chi connectivity index (χ1v) is 5.45. The molecule has 0 aliphatic carbocycles. The number of thiazole rings is 1. The van der Waals surface area contributed by atoms with Crippen molar-refractivity contribution in [3.05, 3.63) is 21.1 Å². The second-order valence-corrected chi connectivity index (χ2v) is 4.83. The van der Waals surface area contributed by atoms with Crippen molar-refractivity contribution in [2.45, 2.75) is 6.61 Å². The fraction of sp³-hybridized carbons (Fsp3) is 0.286. The van der Waals surface area contributed by atoms with Gasteiger partial charge >= 0.3 is 0 Å². The Morgan fingerprint density at radius 2 is 2.46 bits per heavy atom. The third-order valence-electron chi connectivity index (χ3n) is 1.22. The Hall–Kier alpha value is -0.100. The molecule has 0 aliphatic rings. The first-order chi connectivity index (χ1) is 6.13. The average molecular weight is 284 g/mol. The van der Waals surface area contributed by atoms with Crippen LogP contribution in [-0.4, -0.2) is 16.6 Å². The van der Waals surface area contributed by atoms with Crippen molar-refractivity contribution in [1.29, 1.82) is 0 Å². The van der Waals surface area contributed by atoms with Crippen molar-refractivity contribution < 1.29 is 5.11 Å². The third kappa shape index (κ3) is 3.27. The summed E-state index contributed by atoms with van der Waals surface area (Å²) in [5.41, 5.74) is 0. The normalized spacial score (nSPS) is 10.1. The predicted octanol–water partition coefficient (Wildman–Crippen LogP) is 2.61. The lowest BCUT2D eigenvalue weighted by atomic mass is 10.6. The average Bonchev–Trinajstić information content (AvgIpc) is 2.43. The molecule has 0 aliphatic heterocycles. The monoisotopic (exact) mass is 282 g/mol. The van der Waals surface area contributed by atoms with Crippen molar-refractivity contribution in [3.63, 3.8) is 0 Å². The van der Waals surface area contributed by atoms with Crippen LogP contribution in [-0.2, 0) is 6.61 Å². The molecule has 1 aromatic heterocycles. The minimum atomic E-state index is -0.0760. The summed E-state index contributed by atoms with van der Waals surface area (Å²) in [6.07, 6.45) is 0. The molecule has 0 spiro atoms. The molecule has 0 fully saturated rings. The van der Waals surface area contributed by atoms with Gasteiger partial charge in [0.05, 0.1) is 11.5 Å². The standard InChI is InChI=1S/C7H8BrClN2OS/c1-4(8)2-10-7-11-6(9)5(3-12)13-7/h12H,1-3H2,(H,10,11). The van der Waals surface area contributed by atoms with Crippen molar-refractivity contribution in [2.75, 3.05) is 11.9 Å². The molecule has 3 nitrogen and oxygen atoms in total. The van der Waals surface area contributed by atoms with Gasteiger partial charge in [-0.15, -0.1) is 0 Å². The molecule has 0 saturated carbocycles. The minimum absolute atomic E-state index is 0.0760. The van der Waals surface area contributed by atoms with Crippen LogP contribution >= 0.6 is 38.9 Å². The van der Waals surface area contributed by atoms with E-state index in [9.17, 15) is 0 Å². The first-order valence-electron chi connectivity index (χ1n) is 3.46. The smallest absolute Gasteiger partial charge is 0.184 e. The summed E-state index contributed by atoms with van der Waals surface area (Å²) in [7, 11) is 0. The van der Waals surface area contributed by atoms with Crippen molar-refractivity contribution in [3.8, 4) is 0 Å². The Bertz CT molecular complexity index is 315. The van der Waals surface area contributed by atoms with Gasteiger partial charge in [0.15, 0.2) is 5.13 Å². The second-order valence-electron chi connectivity index (χ2n) is 2.26. The van der Waals surface area contributed by atoms with E-state index in [-0.39, 0.29) is 6.61 Å². The van der Waals surface area contributed by atoms with E-state index in [0.29, 0.717) is 21.7 Å². The lowest BCUT2D eigenvalue weighted by Crippen LogP contribution is -1.99. The number of halogens is 2. The largest absolute Gasteiger partial charge is 0.391 e. The summed E-state index contributed by atoms with van der Waals surface area (Å²) >= 11 is 10.3. The Labute approximate surface area is 93.6 Å². The molecule has 1 aromatic rings. The van der Waals surface area contributed by atoms with Gasteiger partial charge in [-0.05, 0) is 0 Å². The lowest BCUT2D eigenvalue weighted by molar-refractivity contribution is 0.285. The molecule has 6 heteroatoms. The number of aliphatic hydroxyl groups is 1. The zero-order valence-electron chi connectivity index (χ0n) is 6.68. The predicted molar refractivity (Wildman–Crippen MR) is 59.6 cm³/mol. The maximum absolute atomic E-state index is 8.84. The van der Waals surface area contributed by atoms with Crippen LogP contribution in [0.4, 0.5) is 5.13 Å². The van der Waals surface area contributed by atoms with Gasteiger partial charge in [0.25, 0.3) is 0 Å². The molecule has 0 unspecified atom stereocenters. The van der Waals surface area contributed by atoms with E-state index in [2.05, 4.69) is 32.8 Å². The third-order valence-corrected chi connectivity index (χ3v) is 2.93. The van der Waals surface area contributed by atoms with E-state index in [1.54, 1.807) is 0 Å². The fourth-order valence-corrected chi connectivity index (χ4v) is 1.84. The number of hydrogen-bond donors (Lipinski definition) is 2. The topological polar surface area (TPSA) is 45.2 Å². The van der Waals surface area contributed by atoms with Gasteiger partial charge in [-0.3, -0.25) is 0 Å². The molecule has 1 heterocycles. The van der Waals surface area contributed by atoms with Crippen molar-refractivity contribution in [1.82, 2.24) is 4.98 Å². The Morgan fingerprint density at radius 1 is 1.77 bits per heavy atom.